The lowest BCUT2D eigenvalue weighted by atomic mass is 10.1. The Balaban J connectivity index is 1.82. The highest BCUT2D eigenvalue weighted by Crippen LogP contribution is 2.36. The summed E-state index contributed by atoms with van der Waals surface area (Å²) in [5.41, 5.74) is 2.21. The van der Waals surface area contributed by atoms with Gasteiger partial charge >= 0.3 is 6.03 Å². The SMILES string of the molecule is O=C(Nc1ccc(F)cc1F)N(CCCO)C1CCc2ccccc21. The van der Waals surface area contributed by atoms with Crippen molar-refractivity contribution >= 4 is 11.7 Å². The zero-order valence-electron chi connectivity index (χ0n) is 13.7. The lowest BCUT2D eigenvalue weighted by molar-refractivity contribution is 0.177. The number of nitrogens with zero attached hydrogens (tertiary/aromatic N) is 1. The van der Waals surface area contributed by atoms with Gasteiger partial charge in [0.05, 0.1) is 11.7 Å². The zero-order chi connectivity index (χ0) is 17.8. The van der Waals surface area contributed by atoms with Crippen molar-refractivity contribution in [3.05, 3.63) is 65.2 Å². The number of aryl methyl sites for hydroxylation is 1. The van der Waals surface area contributed by atoms with E-state index in [2.05, 4.69) is 5.32 Å². The summed E-state index contributed by atoms with van der Waals surface area (Å²) >= 11 is 0. The lowest BCUT2D eigenvalue weighted by Crippen LogP contribution is -2.38. The highest BCUT2D eigenvalue weighted by Gasteiger charge is 2.30. The van der Waals surface area contributed by atoms with Crippen molar-refractivity contribution in [1.82, 2.24) is 4.90 Å². The van der Waals surface area contributed by atoms with Gasteiger partial charge < -0.3 is 15.3 Å². The van der Waals surface area contributed by atoms with E-state index in [1.807, 2.05) is 24.3 Å². The van der Waals surface area contributed by atoms with Crippen molar-refractivity contribution in [1.29, 1.82) is 0 Å². The van der Waals surface area contributed by atoms with Crippen molar-refractivity contribution in [3.8, 4) is 0 Å². The number of hydrogen-bond acceptors (Lipinski definition) is 2. The summed E-state index contributed by atoms with van der Waals surface area (Å²) in [6.45, 7) is 0.313. The van der Waals surface area contributed by atoms with Crippen LogP contribution in [0.4, 0.5) is 19.3 Å². The number of benzene rings is 2. The van der Waals surface area contributed by atoms with Crippen LogP contribution in [-0.4, -0.2) is 29.2 Å². The number of anilines is 1. The number of fused-ring (bicyclic) bond motifs is 1. The predicted molar refractivity (Wildman–Crippen MR) is 91.3 cm³/mol. The lowest BCUT2D eigenvalue weighted by Gasteiger charge is -2.30. The number of aliphatic hydroxyl groups is 1. The molecule has 1 atom stereocenters. The van der Waals surface area contributed by atoms with Gasteiger partial charge in [-0.2, -0.15) is 0 Å². The molecule has 0 aliphatic heterocycles. The van der Waals surface area contributed by atoms with Gasteiger partial charge in [-0.1, -0.05) is 24.3 Å². The van der Waals surface area contributed by atoms with Gasteiger partial charge in [0.25, 0.3) is 0 Å². The molecule has 0 aromatic heterocycles. The number of carbonyl (C=O) groups is 1. The normalized spacial score (nSPS) is 15.7. The van der Waals surface area contributed by atoms with Crippen molar-refractivity contribution in [3.63, 3.8) is 0 Å². The van der Waals surface area contributed by atoms with E-state index in [9.17, 15) is 13.6 Å². The average Bonchev–Trinajstić information content (AvgIpc) is 3.02. The summed E-state index contributed by atoms with van der Waals surface area (Å²) in [5, 5.41) is 11.7. The molecule has 2 aromatic rings. The van der Waals surface area contributed by atoms with E-state index in [0.29, 0.717) is 13.0 Å². The van der Waals surface area contributed by atoms with E-state index in [0.717, 1.165) is 30.5 Å². The maximum Gasteiger partial charge on any atom is 0.322 e. The summed E-state index contributed by atoms with van der Waals surface area (Å²) in [7, 11) is 0. The number of rotatable bonds is 5. The molecule has 0 fully saturated rings. The van der Waals surface area contributed by atoms with Crippen molar-refractivity contribution in [2.24, 2.45) is 0 Å². The van der Waals surface area contributed by atoms with Crippen LogP contribution in [0.5, 0.6) is 0 Å². The van der Waals surface area contributed by atoms with Crippen LogP contribution >= 0.6 is 0 Å². The fourth-order valence-electron chi connectivity index (χ4n) is 3.28. The van der Waals surface area contributed by atoms with E-state index in [1.54, 1.807) is 4.90 Å². The maximum absolute atomic E-state index is 13.8. The highest BCUT2D eigenvalue weighted by molar-refractivity contribution is 5.89. The minimum Gasteiger partial charge on any atom is -0.396 e. The van der Waals surface area contributed by atoms with Crippen molar-refractivity contribution in [2.75, 3.05) is 18.5 Å². The van der Waals surface area contributed by atoms with Crippen LogP contribution < -0.4 is 5.32 Å². The molecule has 132 valence electrons. The molecule has 25 heavy (non-hydrogen) atoms. The van der Waals surface area contributed by atoms with E-state index >= 15 is 0 Å². The van der Waals surface area contributed by atoms with Gasteiger partial charge in [0.15, 0.2) is 0 Å². The van der Waals surface area contributed by atoms with E-state index < -0.39 is 17.7 Å². The average molecular weight is 346 g/mol. The quantitative estimate of drug-likeness (QED) is 0.863. The van der Waals surface area contributed by atoms with Gasteiger partial charge in [-0.15, -0.1) is 0 Å². The van der Waals surface area contributed by atoms with Crippen LogP contribution in [0, 0.1) is 11.6 Å². The third kappa shape index (κ3) is 3.79. The number of aliphatic hydroxyl groups excluding tert-OH is 1. The molecule has 0 radical (unpaired) electrons. The summed E-state index contributed by atoms with van der Waals surface area (Å²) in [6, 6.07) is 10.4. The Morgan fingerprint density at radius 1 is 1.24 bits per heavy atom. The second-order valence-corrected chi connectivity index (χ2v) is 6.08. The molecule has 3 rings (SSSR count). The molecule has 0 bridgehead atoms. The summed E-state index contributed by atoms with van der Waals surface area (Å²) < 4.78 is 26.9. The Kier molecular flexibility index (Phi) is 5.28. The van der Waals surface area contributed by atoms with E-state index in [4.69, 9.17) is 5.11 Å². The van der Waals surface area contributed by atoms with Gasteiger partial charge in [0.2, 0.25) is 0 Å². The van der Waals surface area contributed by atoms with Crippen LogP contribution in [-0.2, 0) is 6.42 Å². The minimum absolute atomic E-state index is 0.0386. The molecule has 2 N–H and O–H groups in total. The second-order valence-electron chi connectivity index (χ2n) is 6.08. The monoisotopic (exact) mass is 346 g/mol. The molecule has 0 spiro atoms. The Bertz CT molecular complexity index is 767. The minimum atomic E-state index is -0.817. The number of halogens is 2. The molecule has 1 aliphatic rings. The maximum atomic E-state index is 13.8. The largest absolute Gasteiger partial charge is 0.396 e. The van der Waals surface area contributed by atoms with E-state index in [-0.39, 0.29) is 18.3 Å². The van der Waals surface area contributed by atoms with Crippen LogP contribution in [0.1, 0.15) is 30.0 Å². The molecule has 2 aromatic carbocycles. The van der Waals surface area contributed by atoms with Crippen LogP contribution in [0.3, 0.4) is 0 Å². The Morgan fingerprint density at radius 2 is 2.04 bits per heavy atom. The van der Waals surface area contributed by atoms with Crippen molar-refractivity contribution < 1.29 is 18.7 Å². The molecule has 2 amide bonds. The summed E-state index contributed by atoms with van der Waals surface area (Å²) in [5.74, 6) is -1.51. The molecule has 4 nitrogen and oxygen atoms in total. The molecular weight excluding hydrogens is 326 g/mol. The van der Waals surface area contributed by atoms with Crippen molar-refractivity contribution in [2.45, 2.75) is 25.3 Å². The second kappa shape index (κ2) is 7.61. The third-order valence-electron chi connectivity index (χ3n) is 4.47. The van der Waals surface area contributed by atoms with Crippen LogP contribution in [0.25, 0.3) is 0 Å². The predicted octanol–water partition coefficient (Wildman–Crippen LogP) is 3.87. The molecule has 6 heteroatoms. The highest BCUT2D eigenvalue weighted by atomic mass is 19.1. The number of carbonyl (C=O) groups excluding carboxylic acids is 1. The van der Waals surface area contributed by atoms with Gasteiger partial charge in [0, 0.05) is 19.2 Å². The molecule has 0 saturated heterocycles. The first-order valence-corrected chi connectivity index (χ1v) is 8.31. The standard InChI is InChI=1S/C19H20F2N2O2/c20-14-7-8-17(16(21)12-14)22-19(25)23(10-3-11-24)18-9-6-13-4-1-2-5-15(13)18/h1-2,4-5,7-8,12,18,24H,3,6,9-11H2,(H,22,25). The smallest absolute Gasteiger partial charge is 0.322 e. The molecule has 0 saturated carbocycles. The zero-order valence-corrected chi connectivity index (χ0v) is 13.7. The molecular formula is C19H20F2N2O2. The topological polar surface area (TPSA) is 52.6 Å². The van der Waals surface area contributed by atoms with Gasteiger partial charge in [-0.25, -0.2) is 13.6 Å². The Morgan fingerprint density at radius 3 is 2.80 bits per heavy atom. The first-order valence-electron chi connectivity index (χ1n) is 8.31. The third-order valence-corrected chi connectivity index (χ3v) is 4.47. The van der Waals surface area contributed by atoms with Crippen LogP contribution in [0.15, 0.2) is 42.5 Å². The summed E-state index contributed by atoms with van der Waals surface area (Å²) in [6.07, 6.45) is 2.08. The summed E-state index contributed by atoms with van der Waals surface area (Å²) in [4.78, 5) is 14.3. The molecule has 0 heterocycles. The Labute approximate surface area is 145 Å². The first-order chi connectivity index (χ1) is 12.1. The van der Waals surface area contributed by atoms with Gasteiger partial charge in [0.1, 0.15) is 11.6 Å². The van der Waals surface area contributed by atoms with Gasteiger partial charge in [-0.05, 0) is 42.5 Å². The first kappa shape index (κ1) is 17.4. The number of urea groups is 1. The molecule has 1 aliphatic carbocycles. The van der Waals surface area contributed by atoms with Crippen LogP contribution in [0.2, 0.25) is 0 Å². The fraction of sp³-hybridized carbons (Fsp3) is 0.316. The Hall–Kier alpha value is -2.47. The van der Waals surface area contributed by atoms with Gasteiger partial charge in [-0.3, -0.25) is 0 Å². The molecule has 1 unspecified atom stereocenters. The number of nitrogens with one attached hydrogen (secondary N) is 1. The van der Waals surface area contributed by atoms with E-state index in [1.165, 1.54) is 11.6 Å². The number of hydrogen-bond donors (Lipinski definition) is 2. The fourth-order valence-corrected chi connectivity index (χ4v) is 3.28. The number of amides is 2.